The third kappa shape index (κ3) is 2.44. The summed E-state index contributed by atoms with van der Waals surface area (Å²) in [5.41, 5.74) is -0.107. The van der Waals surface area contributed by atoms with Crippen LogP contribution in [0.2, 0.25) is 0 Å². The van der Waals surface area contributed by atoms with E-state index in [2.05, 4.69) is 0 Å². The van der Waals surface area contributed by atoms with Gasteiger partial charge >= 0.3 is 5.97 Å². The Bertz CT molecular complexity index is 682. The first kappa shape index (κ1) is 14.2. The standard InChI is InChI=1S/C13H11NO5S2/c1-21(18)8-4-2-7(3-5-8)19-13-11(12(16)17)14-9(15)6-10(14)20-13/h2-5,10H,6H2,1H3,(H,16,17). The maximum Gasteiger partial charge on any atom is 0.357 e. The minimum absolute atomic E-state index is 0.107. The fourth-order valence-corrected chi connectivity index (χ4v) is 3.86. The van der Waals surface area contributed by atoms with Gasteiger partial charge in [0.15, 0.2) is 10.8 Å². The van der Waals surface area contributed by atoms with E-state index in [0.29, 0.717) is 17.1 Å². The average molecular weight is 325 g/mol. The fraction of sp³-hybridized carbons (Fsp3) is 0.231. The van der Waals surface area contributed by atoms with Crippen LogP contribution in [0.5, 0.6) is 5.75 Å². The molecule has 0 bridgehead atoms. The Morgan fingerprint density at radius 3 is 2.62 bits per heavy atom. The fourth-order valence-electron chi connectivity index (χ4n) is 2.10. The molecule has 0 saturated carbocycles. The molecule has 21 heavy (non-hydrogen) atoms. The highest BCUT2D eigenvalue weighted by molar-refractivity contribution is 8.03. The van der Waals surface area contributed by atoms with Crippen molar-refractivity contribution in [2.24, 2.45) is 0 Å². The van der Waals surface area contributed by atoms with E-state index in [4.69, 9.17) is 4.74 Å². The molecule has 0 aromatic heterocycles. The maximum atomic E-state index is 11.5. The molecule has 0 spiro atoms. The third-order valence-electron chi connectivity index (χ3n) is 3.15. The highest BCUT2D eigenvalue weighted by Crippen LogP contribution is 2.46. The minimum Gasteiger partial charge on any atom is -0.476 e. The Kier molecular flexibility index (Phi) is 3.50. The molecule has 2 atom stereocenters. The molecule has 2 aliphatic heterocycles. The molecule has 1 saturated heterocycles. The van der Waals surface area contributed by atoms with E-state index in [1.54, 1.807) is 30.5 Å². The number of aliphatic carboxylic acids is 1. The average Bonchev–Trinajstić information content (AvgIpc) is 2.72. The molecule has 1 N–H and O–H groups in total. The van der Waals surface area contributed by atoms with E-state index >= 15 is 0 Å². The second-order valence-corrected chi connectivity index (χ2v) is 7.04. The van der Waals surface area contributed by atoms with Crippen molar-refractivity contribution < 1.29 is 23.6 Å². The molecule has 1 amide bonds. The number of carbonyl (C=O) groups is 2. The molecule has 1 aromatic rings. The summed E-state index contributed by atoms with van der Waals surface area (Å²) < 4.78 is 16.9. The summed E-state index contributed by atoms with van der Waals surface area (Å²) in [6, 6.07) is 6.57. The first-order chi connectivity index (χ1) is 9.97. The Hall–Kier alpha value is -1.80. The third-order valence-corrected chi connectivity index (χ3v) is 5.23. The number of hydrogen-bond acceptors (Lipinski definition) is 5. The number of ether oxygens (including phenoxy) is 1. The molecule has 110 valence electrons. The van der Waals surface area contributed by atoms with Crippen LogP contribution < -0.4 is 4.74 Å². The lowest BCUT2D eigenvalue weighted by Gasteiger charge is -2.33. The van der Waals surface area contributed by atoms with Crippen LogP contribution in [0.4, 0.5) is 0 Å². The second kappa shape index (κ2) is 5.19. The van der Waals surface area contributed by atoms with Gasteiger partial charge in [-0.1, -0.05) is 11.8 Å². The number of carboxylic acids is 1. The van der Waals surface area contributed by atoms with Crippen LogP contribution >= 0.6 is 11.8 Å². The number of carboxylic acid groups (broad SMARTS) is 1. The SMILES string of the molecule is CS(=O)c1ccc(OC2=C(C(=O)O)N3C(=O)CC3S2)cc1. The van der Waals surface area contributed by atoms with Gasteiger partial charge in [0, 0.05) is 22.0 Å². The Labute approximate surface area is 127 Å². The number of thioether (sulfide) groups is 1. The molecule has 0 radical (unpaired) electrons. The second-order valence-electron chi connectivity index (χ2n) is 4.51. The predicted octanol–water partition coefficient (Wildman–Crippen LogP) is 1.36. The van der Waals surface area contributed by atoms with Gasteiger partial charge in [0.05, 0.1) is 11.8 Å². The number of carbonyl (C=O) groups excluding carboxylic acids is 1. The lowest BCUT2D eigenvalue weighted by atomic mass is 10.2. The molecule has 3 rings (SSSR count). The topological polar surface area (TPSA) is 83.9 Å². The van der Waals surface area contributed by atoms with E-state index in [9.17, 15) is 18.9 Å². The van der Waals surface area contributed by atoms with E-state index in [1.165, 1.54) is 16.7 Å². The summed E-state index contributed by atoms with van der Waals surface area (Å²) in [7, 11) is -1.08. The summed E-state index contributed by atoms with van der Waals surface area (Å²) in [6.45, 7) is 0. The van der Waals surface area contributed by atoms with Gasteiger partial charge in [-0.2, -0.15) is 0 Å². The van der Waals surface area contributed by atoms with Crippen LogP contribution in [-0.2, 0) is 20.4 Å². The summed E-state index contributed by atoms with van der Waals surface area (Å²) in [5.74, 6) is -0.944. The van der Waals surface area contributed by atoms with Gasteiger partial charge in [0.2, 0.25) is 5.91 Å². The first-order valence-electron chi connectivity index (χ1n) is 6.05. The zero-order valence-corrected chi connectivity index (χ0v) is 12.6. The van der Waals surface area contributed by atoms with Crippen molar-refractivity contribution in [2.45, 2.75) is 16.7 Å². The summed E-state index contributed by atoms with van der Waals surface area (Å²) in [4.78, 5) is 24.7. The van der Waals surface area contributed by atoms with Crippen molar-refractivity contribution in [3.63, 3.8) is 0 Å². The van der Waals surface area contributed by atoms with Gasteiger partial charge < -0.3 is 9.84 Å². The van der Waals surface area contributed by atoms with Gasteiger partial charge in [-0.25, -0.2) is 4.79 Å². The van der Waals surface area contributed by atoms with E-state index in [-0.39, 0.29) is 22.1 Å². The molecular formula is C13H11NO5S2. The molecule has 6 nitrogen and oxygen atoms in total. The quantitative estimate of drug-likeness (QED) is 0.842. The zero-order chi connectivity index (χ0) is 15.1. The highest BCUT2D eigenvalue weighted by Gasteiger charge is 2.49. The van der Waals surface area contributed by atoms with Gasteiger partial charge in [-0.05, 0) is 24.3 Å². The number of amides is 1. The monoisotopic (exact) mass is 325 g/mol. The van der Waals surface area contributed by atoms with E-state index in [1.807, 2.05) is 0 Å². The zero-order valence-electron chi connectivity index (χ0n) is 10.9. The van der Waals surface area contributed by atoms with Crippen molar-refractivity contribution in [2.75, 3.05) is 6.26 Å². The Morgan fingerprint density at radius 1 is 1.43 bits per heavy atom. The summed E-state index contributed by atoms with van der Waals surface area (Å²) >= 11 is 1.23. The smallest absolute Gasteiger partial charge is 0.357 e. The molecule has 1 aromatic carbocycles. The van der Waals surface area contributed by atoms with Crippen molar-refractivity contribution in [1.29, 1.82) is 0 Å². The normalized spacial score (nSPS) is 21.9. The van der Waals surface area contributed by atoms with Crippen LogP contribution in [0, 0.1) is 0 Å². The summed E-state index contributed by atoms with van der Waals surface area (Å²) in [5, 5.41) is 9.27. The van der Waals surface area contributed by atoms with Crippen LogP contribution in [0.1, 0.15) is 6.42 Å². The van der Waals surface area contributed by atoms with Crippen molar-refractivity contribution in [1.82, 2.24) is 4.90 Å². The number of nitrogens with zero attached hydrogens (tertiary/aromatic N) is 1. The highest BCUT2D eigenvalue weighted by atomic mass is 32.2. The number of benzene rings is 1. The molecular weight excluding hydrogens is 314 g/mol. The molecule has 2 unspecified atom stereocenters. The largest absolute Gasteiger partial charge is 0.476 e. The van der Waals surface area contributed by atoms with Crippen LogP contribution in [0.3, 0.4) is 0 Å². The Balaban J connectivity index is 1.85. The van der Waals surface area contributed by atoms with E-state index in [0.717, 1.165) is 0 Å². The molecule has 2 heterocycles. The van der Waals surface area contributed by atoms with Crippen LogP contribution in [0.15, 0.2) is 39.9 Å². The van der Waals surface area contributed by atoms with Crippen molar-refractivity contribution in [3.05, 3.63) is 35.1 Å². The maximum absolute atomic E-state index is 11.5. The number of fused-ring (bicyclic) bond motifs is 1. The number of hydrogen-bond donors (Lipinski definition) is 1. The predicted molar refractivity (Wildman–Crippen MR) is 76.9 cm³/mol. The summed E-state index contributed by atoms with van der Waals surface area (Å²) in [6.07, 6.45) is 1.90. The van der Waals surface area contributed by atoms with Gasteiger partial charge in [-0.15, -0.1) is 0 Å². The number of β-lactam (4-membered cyclic amide) rings is 1. The number of rotatable bonds is 4. The van der Waals surface area contributed by atoms with E-state index < -0.39 is 16.8 Å². The molecule has 8 heteroatoms. The minimum atomic E-state index is -1.18. The molecule has 0 aliphatic carbocycles. The van der Waals surface area contributed by atoms with Crippen LogP contribution in [0.25, 0.3) is 0 Å². The molecule has 2 aliphatic rings. The first-order valence-corrected chi connectivity index (χ1v) is 8.49. The van der Waals surface area contributed by atoms with Gasteiger partial charge in [0.1, 0.15) is 5.75 Å². The molecule has 1 fully saturated rings. The van der Waals surface area contributed by atoms with Crippen LogP contribution in [-0.4, -0.2) is 37.7 Å². The Morgan fingerprint density at radius 2 is 2.10 bits per heavy atom. The lowest BCUT2D eigenvalue weighted by Crippen LogP contribution is -2.48. The van der Waals surface area contributed by atoms with Crippen molar-refractivity contribution in [3.8, 4) is 5.75 Å². The van der Waals surface area contributed by atoms with Gasteiger partial charge in [-0.3, -0.25) is 13.9 Å². The van der Waals surface area contributed by atoms with Crippen molar-refractivity contribution >= 4 is 34.4 Å². The lowest BCUT2D eigenvalue weighted by molar-refractivity contribution is -0.145. The van der Waals surface area contributed by atoms with Gasteiger partial charge in [0.25, 0.3) is 0 Å².